The lowest BCUT2D eigenvalue weighted by atomic mass is 10.1. The zero-order chi connectivity index (χ0) is 11.4. The minimum atomic E-state index is -0.0656. The Balaban J connectivity index is 2.41. The molecule has 0 aliphatic heterocycles. The van der Waals surface area contributed by atoms with Crippen LogP contribution >= 0.6 is 11.6 Å². The van der Waals surface area contributed by atoms with Crippen LogP contribution in [-0.2, 0) is 0 Å². The fraction of sp³-hybridized carbons (Fsp3) is 0.182. The van der Waals surface area contributed by atoms with Gasteiger partial charge in [-0.25, -0.2) is 0 Å². The van der Waals surface area contributed by atoms with Gasteiger partial charge in [0.1, 0.15) is 0 Å². The van der Waals surface area contributed by atoms with Crippen molar-refractivity contribution in [3.05, 3.63) is 53.3 Å². The highest BCUT2D eigenvalue weighted by Gasteiger charge is 2.16. The molecular formula is C11H11ClN4. The SMILES string of the molecule is CNC(c1cnccn1)c1ccncc1Cl. The van der Waals surface area contributed by atoms with Crippen LogP contribution in [0, 0.1) is 0 Å². The van der Waals surface area contributed by atoms with Crippen molar-refractivity contribution < 1.29 is 0 Å². The average molecular weight is 235 g/mol. The standard InChI is InChI=1S/C11H11ClN4/c1-13-11(10-7-15-4-5-16-10)8-2-3-14-6-9(8)12/h2-7,11,13H,1H3. The first-order chi connectivity index (χ1) is 7.83. The minimum absolute atomic E-state index is 0.0656. The van der Waals surface area contributed by atoms with Crippen molar-refractivity contribution in [2.45, 2.75) is 6.04 Å². The Morgan fingerprint density at radius 3 is 2.62 bits per heavy atom. The number of aromatic nitrogens is 3. The summed E-state index contributed by atoms with van der Waals surface area (Å²) in [5.74, 6) is 0. The van der Waals surface area contributed by atoms with E-state index in [9.17, 15) is 0 Å². The number of hydrogen-bond donors (Lipinski definition) is 1. The molecule has 1 N–H and O–H groups in total. The predicted octanol–water partition coefficient (Wildman–Crippen LogP) is 1.83. The third kappa shape index (κ3) is 2.18. The first kappa shape index (κ1) is 11.0. The van der Waals surface area contributed by atoms with E-state index in [4.69, 9.17) is 11.6 Å². The van der Waals surface area contributed by atoms with E-state index in [1.807, 2.05) is 13.1 Å². The summed E-state index contributed by atoms with van der Waals surface area (Å²) >= 11 is 6.10. The van der Waals surface area contributed by atoms with Gasteiger partial charge in [0.15, 0.2) is 0 Å². The zero-order valence-corrected chi connectivity index (χ0v) is 9.52. The van der Waals surface area contributed by atoms with Crippen LogP contribution in [-0.4, -0.2) is 22.0 Å². The van der Waals surface area contributed by atoms with E-state index < -0.39 is 0 Å². The van der Waals surface area contributed by atoms with E-state index in [0.29, 0.717) is 5.02 Å². The molecule has 2 aromatic rings. The van der Waals surface area contributed by atoms with Gasteiger partial charge in [-0.1, -0.05) is 11.6 Å². The Hall–Kier alpha value is -1.52. The summed E-state index contributed by atoms with van der Waals surface area (Å²) in [5.41, 5.74) is 1.78. The molecule has 5 heteroatoms. The summed E-state index contributed by atoms with van der Waals surface area (Å²) < 4.78 is 0. The lowest BCUT2D eigenvalue weighted by molar-refractivity contribution is 0.666. The van der Waals surface area contributed by atoms with Crippen molar-refractivity contribution in [2.75, 3.05) is 7.05 Å². The Bertz CT molecular complexity index is 461. The molecule has 0 aromatic carbocycles. The van der Waals surface area contributed by atoms with Crippen LogP contribution in [0.5, 0.6) is 0 Å². The first-order valence-electron chi connectivity index (χ1n) is 4.85. The van der Waals surface area contributed by atoms with Crippen LogP contribution in [0.4, 0.5) is 0 Å². The molecule has 0 saturated carbocycles. The summed E-state index contributed by atoms with van der Waals surface area (Å²) in [6.07, 6.45) is 8.36. The smallest absolute Gasteiger partial charge is 0.0801 e. The molecule has 0 amide bonds. The topological polar surface area (TPSA) is 50.7 Å². The normalized spacial score (nSPS) is 12.4. The predicted molar refractivity (Wildman–Crippen MR) is 62.2 cm³/mol. The van der Waals surface area contributed by atoms with E-state index in [-0.39, 0.29) is 6.04 Å². The van der Waals surface area contributed by atoms with Crippen LogP contribution < -0.4 is 5.32 Å². The van der Waals surface area contributed by atoms with Gasteiger partial charge in [-0.2, -0.15) is 0 Å². The highest BCUT2D eigenvalue weighted by atomic mass is 35.5. The van der Waals surface area contributed by atoms with E-state index in [2.05, 4.69) is 20.3 Å². The Kier molecular flexibility index (Phi) is 3.44. The average Bonchev–Trinajstić information content (AvgIpc) is 2.34. The summed E-state index contributed by atoms with van der Waals surface area (Å²) in [4.78, 5) is 12.3. The number of pyridine rings is 1. The lowest BCUT2D eigenvalue weighted by Crippen LogP contribution is -2.19. The summed E-state index contributed by atoms with van der Waals surface area (Å²) in [6.45, 7) is 0. The van der Waals surface area contributed by atoms with Crippen molar-refractivity contribution in [1.82, 2.24) is 20.3 Å². The molecule has 2 heterocycles. The van der Waals surface area contributed by atoms with E-state index in [0.717, 1.165) is 11.3 Å². The van der Waals surface area contributed by atoms with Crippen LogP contribution in [0.15, 0.2) is 37.1 Å². The molecule has 0 aliphatic carbocycles. The second kappa shape index (κ2) is 5.01. The molecule has 1 unspecified atom stereocenters. The van der Waals surface area contributed by atoms with Crippen LogP contribution in [0.25, 0.3) is 0 Å². The van der Waals surface area contributed by atoms with Crippen LogP contribution in [0.3, 0.4) is 0 Å². The molecule has 0 bridgehead atoms. The quantitative estimate of drug-likeness (QED) is 0.881. The lowest BCUT2D eigenvalue weighted by Gasteiger charge is -2.16. The number of hydrogen-bond acceptors (Lipinski definition) is 4. The molecule has 2 aromatic heterocycles. The Labute approximate surface area is 98.7 Å². The maximum Gasteiger partial charge on any atom is 0.0801 e. The Morgan fingerprint density at radius 2 is 2.00 bits per heavy atom. The van der Waals surface area contributed by atoms with E-state index in [1.54, 1.807) is 31.0 Å². The molecule has 0 fully saturated rings. The first-order valence-corrected chi connectivity index (χ1v) is 5.23. The molecule has 0 spiro atoms. The largest absolute Gasteiger partial charge is 0.308 e. The van der Waals surface area contributed by atoms with Crippen molar-refractivity contribution >= 4 is 11.6 Å². The summed E-state index contributed by atoms with van der Waals surface area (Å²) in [6, 6.07) is 1.81. The Morgan fingerprint density at radius 1 is 1.19 bits per heavy atom. The summed E-state index contributed by atoms with van der Waals surface area (Å²) in [7, 11) is 1.86. The fourth-order valence-corrected chi connectivity index (χ4v) is 1.77. The van der Waals surface area contributed by atoms with Crippen LogP contribution in [0.2, 0.25) is 5.02 Å². The summed E-state index contributed by atoms with van der Waals surface area (Å²) in [5, 5.41) is 3.78. The van der Waals surface area contributed by atoms with Gasteiger partial charge in [-0.05, 0) is 18.7 Å². The second-order valence-electron chi connectivity index (χ2n) is 3.25. The van der Waals surface area contributed by atoms with E-state index in [1.165, 1.54) is 0 Å². The van der Waals surface area contributed by atoms with Crippen molar-refractivity contribution in [1.29, 1.82) is 0 Å². The molecule has 16 heavy (non-hydrogen) atoms. The molecule has 1 atom stereocenters. The maximum absolute atomic E-state index is 6.10. The van der Waals surface area contributed by atoms with Gasteiger partial charge in [0.2, 0.25) is 0 Å². The van der Waals surface area contributed by atoms with Gasteiger partial charge in [0, 0.05) is 24.8 Å². The number of halogens is 1. The van der Waals surface area contributed by atoms with E-state index >= 15 is 0 Å². The minimum Gasteiger partial charge on any atom is -0.308 e. The fourth-order valence-electron chi connectivity index (χ4n) is 1.54. The van der Waals surface area contributed by atoms with Gasteiger partial charge in [0.25, 0.3) is 0 Å². The van der Waals surface area contributed by atoms with Gasteiger partial charge in [0.05, 0.1) is 23.0 Å². The highest BCUT2D eigenvalue weighted by molar-refractivity contribution is 6.31. The maximum atomic E-state index is 6.10. The number of nitrogens with one attached hydrogen (secondary N) is 1. The van der Waals surface area contributed by atoms with Crippen molar-refractivity contribution in [3.8, 4) is 0 Å². The highest BCUT2D eigenvalue weighted by Crippen LogP contribution is 2.25. The molecule has 0 radical (unpaired) electrons. The van der Waals surface area contributed by atoms with Gasteiger partial charge in [-0.3, -0.25) is 15.0 Å². The monoisotopic (exact) mass is 234 g/mol. The van der Waals surface area contributed by atoms with Gasteiger partial charge >= 0.3 is 0 Å². The van der Waals surface area contributed by atoms with Crippen molar-refractivity contribution in [3.63, 3.8) is 0 Å². The molecule has 4 nitrogen and oxygen atoms in total. The third-order valence-corrected chi connectivity index (χ3v) is 2.60. The zero-order valence-electron chi connectivity index (χ0n) is 8.76. The van der Waals surface area contributed by atoms with Crippen molar-refractivity contribution in [2.24, 2.45) is 0 Å². The van der Waals surface area contributed by atoms with Crippen LogP contribution in [0.1, 0.15) is 17.3 Å². The molecule has 0 aliphatic rings. The molecule has 0 saturated heterocycles. The third-order valence-electron chi connectivity index (χ3n) is 2.28. The van der Waals surface area contributed by atoms with Gasteiger partial charge < -0.3 is 5.32 Å². The number of nitrogens with zero attached hydrogens (tertiary/aromatic N) is 3. The second-order valence-corrected chi connectivity index (χ2v) is 3.66. The molecule has 82 valence electrons. The number of rotatable bonds is 3. The van der Waals surface area contributed by atoms with Gasteiger partial charge in [-0.15, -0.1) is 0 Å². The molecule has 2 rings (SSSR count). The molecular weight excluding hydrogens is 224 g/mol.